The maximum absolute atomic E-state index is 11.3. The number of benzene rings is 1. The minimum atomic E-state index is -0.641. The van der Waals surface area contributed by atoms with E-state index in [9.17, 15) is 9.90 Å². The molecule has 1 saturated heterocycles. The van der Waals surface area contributed by atoms with Crippen molar-refractivity contribution in [3.63, 3.8) is 0 Å². The van der Waals surface area contributed by atoms with Crippen LogP contribution in [0.1, 0.15) is 12.8 Å². The average molecular weight is 301 g/mol. The number of aromatic nitrogens is 1. The zero-order valence-corrected chi connectivity index (χ0v) is 12.4. The van der Waals surface area contributed by atoms with Crippen LogP contribution in [0.2, 0.25) is 0 Å². The third-order valence-electron chi connectivity index (χ3n) is 4.86. The summed E-state index contributed by atoms with van der Waals surface area (Å²) in [6, 6.07) is 7.88. The summed E-state index contributed by atoms with van der Waals surface area (Å²) >= 11 is 0. The van der Waals surface area contributed by atoms with E-state index in [1.807, 2.05) is 24.3 Å². The predicted octanol–water partition coefficient (Wildman–Crippen LogP) is 1.81. The van der Waals surface area contributed by atoms with Gasteiger partial charge in [-0.2, -0.15) is 0 Å². The van der Waals surface area contributed by atoms with E-state index >= 15 is 0 Å². The van der Waals surface area contributed by atoms with Crippen LogP contribution in [-0.4, -0.2) is 53.9 Å². The number of aliphatic carboxylic acids is 1. The molecule has 0 amide bonds. The van der Waals surface area contributed by atoms with Crippen LogP contribution in [0.3, 0.4) is 0 Å². The maximum atomic E-state index is 11.3. The Labute approximate surface area is 128 Å². The molecule has 1 saturated carbocycles. The molecule has 1 aromatic heterocycles. The Kier molecular flexibility index (Phi) is 3.07. The van der Waals surface area contributed by atoms with Crippen molar-refractivity contribution >= 4 is 22.8 Å². The van der Waals surface area contributed by atoms with Crippen molar-refractivity contribution in [2.45, 2.75) is 12.8 Å². The van der Waals surface area contributed by atoms with Crippen molar-refractivity contribution in [1.29, 1.82) is 0 Å². The molecule has 0 spiro atoms. The van der Waals surface area contributed by atoms with Gasteiger partial charge in [0.15, 0.2) is 11.4 Å². The molecular weight excluding hydrogens is 282 g/mol. The second kappa shape index (κ2) is 4.98. The molecule has 2 aliphatic rings. The molecule has 0 atom stereocenters. The van der Waals surface area contributed by atoms with E-state index in [2.05, 4.69) is 15.0 Å². The lowest BCUT2D eigenvalue weighted by molar-refractivity contribution is -0.144. The van der Waals surface area contributed by atoms with E-state index in [0.29, 0.717) is 6.54 Å². The lowest BCUT2D eigenvalue weighted by atomic mass is 10.1. The first-order valence-corrected chi connectivity index (χ1v) is 7.73. The summed E-state index contributed by atoms with van der Waals surface area (Å²) in [7, 11) is 0. The fraction of sp³-hybridized carbons (Fsp3) is 0.500. The molecule has 1 N–H and O–H groups in total. The minimum absolute atomic E-state index is 0.469. The molecule has 0 radical (unpaired) electrons. The number of hydrogen-bond donors (Lipinski definition) is 1. The van der Waals surface area contributed by atoms with Crippen molar-refractivity contribution in [2.24, 2.45) is 5.41 Å². The molecular formula is C16H19N3O3. The number of carbonyl (C=O) groups is 1. The highest BCUT2D eigenvalue weighted by molar-refractivity contribution is 5.88. The fourth-order valence-electron chi connectivity index (χ4n) is 3.24. The second-order valence-corrected chi connectivity index (χ2v) is 6.35. The maximum Gasteiger partial charge on any atom is 0.310 e. The highest BCUT2D eigenvalue weighted by atomic mass is 16.5. The molecule has 2 fully saturated rings. The Morgan fingerprint density at radius 1 is 1.23 bits per heavy atom. The largest absolute Gasteiger partial charge is 0.481 e. The first kappa shape index (κ1) is 13.6. The normalized spacial score (nSPS) is 21.2. The molecule has 1 aliphatic heterocycles. The van der Waals surface area contributed by atoms with Gasteiger partial charge in [0.05, 0.1) is 10.8 Å². The Morgan fingerprint density at radius 3 is 2.64 bits per heavy atom. The van der Waals surface area contributed by atoms with Gasteiger partial charge < -0.3 is 14.5 Å². The van der Waals surface area contributed by atoms with Crippen LogP contribution < -0.4 is 4.90 Å². The highest BCUT2D eigenvalue weighted by Crippen LogP contribution is 2.46. The number of hydrogen-bond acceptors (Lipinski definition) is 5. The summed E-state index contributed by atoms with van der Waals surface area (Å²) in [5, 5.41) is 14.5. The molecule has 4 rings (SSSR count). The number of nitrogens with zero attached hydrogens (tertiary/aromatic N) is 3. The van der Waals surface area contributed by atoms with Gasteiger partial charge in [-0.3, -0.25) is 9.69 Å². The van der Waals surface area contributed by atoms with Crippen molar-refractivity contribution in [3.05, 3.63) is 24.3 Å². The van der Waals surface area contributed by atoms with Gasteiger partial charge in [0.1, 0.15) is 0 Å². The lowest BCUT2D eigenvalue weighted by Crippen LogP contribution is -2.49. The first-order valence-electron chi connectivity index (χ1n) is 7.73. The van der Waals surface area contributed by atoms with Gasteiger partial charge in [0, 0.05) is 32.7 Å². The topological polar surface area (TPSA) is 69.8 Å². The van der Waals surface area contributed by atoms with Crippen molar-refractivity contribution in [2.75, 3.05) is 37.6 Å². The molecule has 2 aromatic rings. The molecule has 116 valence electrons. The Morgan fingerprint density at radius 2 is 1.95 bits per heavy atom. The Bertz CT molecular complexity index is 699. The summed E-state index contributed by atoms with van der Waals surface area (Å²) in [6.45, 7) is 4.13. The molecule has 2 heterocycles. The van der Waals surface area contributed by atoms with E-state index in [1.165, 1.54) is 0 Å². The molecule has 6 nitrogen and oxygen atoms in total. The number of para-hydroxylation sites is 1. The van der Waals surface area contributed by atoms with Gasteiger partial charge in [0.2, 0.25) is 0 Å². The number of rotatable bonds is 4. The summed E-state index contributed by atoms with van der Waals surface area (Å²) < 4.78 is 5.37. The van der Waals surface area contributed by atoms with Gasteiger partial charge in [-0.25, -0.2) is 0 Å². The third kappa shape index (κ3) is 2.23. The van der Waals surface area contributed by atoms with E-state index in [0.717, 1.165) is 55.8 Å². The van der Waals surface area contributed by atoms with Crippen LogP contribution in [0, 0.1) is 5.41 Å². The number of piperazine rings is 1. The van der Waals surface area contributed by atoms with Gasteiger partial charge in [-0.15, -0.1) is 0 Å². The predicted molar refractivity (Wildman–Crippen MR) is 82.0 cm³/mol. The minimum Gasteiger partial charge on any atom is -0.481 e. The van der Waals surface area contributed by atoms with E-state index in [4.69, 9.17) is 4.52 Å². The van der Waals surface area contributed by atoms with Gasteiger partial charge >= 0.3 is 5.97 Å². The van der Waals surface area contributed by atoms with Gasteiger partial charge in [-0.1, -0.05) is 17.3 Å². The molecule has 22 heavy (non-hydrogen) atoms. The van der Waals surface area contributed by atoms with Crippen LogP contribution in [0.15, 0.2) is 28.8 Å². The van der Waals surface area contributed by atoms with Gasteiger partial charge in [-0.05, 0) is 25.0 Å². The van der Waals surface area contributed by atoms with Crippen molar-refractivity contribution in [1.82, 2.24) is 10.1 Å². The summed E-state index contributed by atoms with van der Waals surface area (Å²) in [5.74, 6) is 0.257. The fourth-order valence-corrected chi connectivity index (χ4v) is 3.24. The van der Waals surface area contributed by atoms with Crippen LogP contribution in [-0.2, 0) is 4.79 Å². The Balaban J connectivity index is 1.43. The molecule has 1 aliphatic carbocycles. The number of anilines is 1. The standard InChI is InChI=1S/C16H19N3O3/c20-15(21)16(5-6-16)11-18-7-9-19(10-8-18)14-12-3-1-2-4-13(12)22-17-14/h1-4H,5-11H2,(H,20,21). The van der Waals surface area contributed by atoms with Crippen LogP contribution in [0.25, 0.3) is 11.0 Å². The number of carboxylic acids is 1. The lowest BCUT2D eigenvalue weighted by Gasteiger charge is -2.35. The summed E-state index contributed by atoms with van der Waals surface area (Å²) in [6.07, 6.45) is 1.63. The second-order valence-electron chi connectivity index (χ2n) is 6.35. The van der Waals surface area contributed by atoms with Crippen LogP contribution in [0.5, 0.6) is 0 Å². The highest BCUT2D eigenvalue weighted by Gasteiger charge is 2.51. The van der Waals surface area contributed by atoms with Gasteiger partial charge in [0.25, 0.3) is 0 Å². The molecule has 0 unspecified atom stereocenters. The summed E-state index contributed by atoms with van der Waals surface area (Å²) in [4.78, 5) is 15.8. The van der Waals surface area contributed by atoms with Crippen LogP contribution in [0.4, 0.5) is 5.82 Å². The van der Waals surface area contributed by atoms with Crippen LogP contribution >= 0.6 is 0 Å². The zero-order valence-electron chi connectivity index (χ0n) is 12.4. The van der Waals surface area contributed by atoms with Crippen molar-refractivity contribution in [3.8, 4) is 0 Å². The third-order valence-corrected chi connectivity index (χ3v) is 4.86. The quantitative estimate of drug-likeness (QED) is 0.929. The molecule has 6 heteroatoms. The smallest absolute Gasteiger partial charge is 0.310 e. The number of carboxylic acid groups (broad SMARTS) is 1. The van der Waals surface area contributed by atoms with Crippen molar-refractivity contribution < 1.29 is 14.4 Å². The summed E-state index contributed by atoms with van der Waals surface area (Å²) in [5.41, 5.74) is 0.339. The zero-order chi connectivity index (χ0) is 15.2. The first-order chi connectivity index (χ1) is 10.7. The van der Waals surface area contributed by atoms with E-state index in [1.54, 1.807) is 0 Å². The van der Waals surface area contributed by atoms with E-state index < -0.39 is 11.4 Å². The number of fused-ring (bicyclic) bond motifs is 1. The SMILES string of the molecule is O=C(O)C1(CN2CCN(c3noc4ccccc34)CC2)CC1. The monoisotopic (exact) mass is 301 g/mol. The Hall–Kier alpha value is -2.08. The van der Waals surface area contributed by atoms with E-state index in [-0.39, 0.29) is 0 Å². The molecule has 0 bridgehead atoms. The molecule has 1 aromatic carbocycles. The average Bonchev–Trinajstić information content (AvgIpc) is 3.20.